The Bertz CT molecular complexity index is 681. The molecule has 3 N–H and O–H groups in total. The van der Waals surface area contributed by atoms with Crippen LogP contribution in [0.25, 0.3) is 0 Å². The zero-order chi connectivity index (χ0) is 17.0. The lowest BCUT2D eigenvalue weighted by molar-refractivity contribution is -0.141. The molecule has 0 saturated carbocycles. The van der Waals surface area contributed by atoms with Crippen LogP contribution in [-0.2, 0) is 6.18 Å². The summed E-state index contributed by atoms with van der Waals surface area (Å²) in [6, 6.07) is 7.29. The van der Waals surface area contributed by atoms with Crippen molar-refractivity contribution in [3.63, 3.8) is 0 Å². The van der Waals surface area contributed by atoms with Gasteiger partial charge in [0.2, 0.25) is 5.95 Å². The highest BCUT2D eigenvalue weighted by Crippen LogP contribution is 2.30. The maximum absolute atomic E-state index is 13.0. The fraction of sp³-hybridized carbons (Fsp3) is 0.286. The predicted molar refractivity (Wildman–Crippen MR) is 84.6 cm³/mol. The van der Waals surface area contributed by atoms with Gasteiger partial charge in [0, 0.05) is 22.3 Å². The molecule has 0 saturated heterocycles. The molecule has 9 heteroatoms. The van der Waals surface area contributed by atoms with Crippen LogP contribution < -0.4 is 10.6 Å². The van der Waals surface area contributed by atoms with Gasteiger partial charge in [0.1, 0.15) is 5.82 Å². The Morgan fingerprint density at radius 2 is 2.00 bits per heavy atom. The molecule has 5 nitrogen and oxygen atoms in total. The van der Waals surface area contributed by atoms with Crippen LogP contribution in [0.4, 0.5) is 30.6 Å². The molecular formula is C14H14BrF3N4O. The van der Waals surface area contributed by atoms with E-state index in [2.05, 4.69) is 36.5 Å². The molecule has 1 heterocycles. The number of aliphatic hydroxyl groups excluding tert-OH is 1. The van der Waals surface area contributed by atoms with Crippen LogP contribution in [0, 0.1) is 0 Å². The van der Waals surface area contributed by atoms with E-state index in [1.165, 1.54) is 0 Å². The van der Waals surface area contributed by atoms with Crippen LogP contribution in [0.2, 0.25) is 0 Å². The van der Waals surface area contributed by atoms with Gasteiger partial charge in [-0.3, -0.25) is 0 Å². The molecule has 23 heavy (non-hydrogen) atoms. The van der Waals surface area contributed by atoms with Gasteiger partial charge < -0.3 is 15.7 Å². The van der Waals surface area contributed by atoms with E-state index in [4.69, 9.17) is 5.11 Å². The summed E-state index contributed by atoms with van der Waals surface area (Å²) in [6.07, 6.45) is -4.60. The largest absolute Gasteiger partial charge is 0.433 e. The molecule has 1 aromatic heterocycles. The Labute approximate surface area is 139 Å². The van der Waals surface area contributed by atoms with Crippen LogP contribution in [0.15, 0.2) is 34.8 Å². The summed E-state index contributed by atoms with van der Waals surface area (Å²) in [6.45, 7) is 1.35. The third-order valence-electron chi connectivity index (χ3n) is 2.76. The van der Waals surface area contributed by atoms with Crippen LogP contribution in [0.1, 0.15) is 12.6 Å². The van der Waals surface area contributed by atoms with Crippen LogP contribution in [-0.4, -0.2) is 27.7 Å². The minimum atomic E-state index is -4.60. The lowest BCUT2D eigenvalue weighted by atomic mass is 10.3. The molecule has 1 aromatic carbocycles. The number of hydrogen-bond acceptors (Lipinski definition) is 5. The normalized spacial score (nSPS) is 12.8. The second-order valence-corrected chi connectivity index (χ2v) is 5.74. The van der Waals surface area contributed by atoms with Crippen molar-refractivity contribution in [2.75, 3.05) is 17.2 Å². The van der Waals surface area contributed by atoms with Gasteiger partial charge in [-0.1, -0.05) is 22.0 Å². The Hall–Kier alpha value is -1.87. The summed E-state index contributed by atoms with van der Waals surface area (Å²) in [7, 11) is 0. The number of nitrogens with zero attached hydrogens (tertiary/aromatic N) is 2. The number of alkyl halides is 3. The van der Waals surface area contributed by atoms with Gasteiger partial charge >= 0.3 is 6.18 Å². The van der Waals surface area contributed by atoms with Gasteiger partial charge in [-0.15, -0.1) is 0 Å². The minimum absolute atomic E-state index is 0.00179. The molecule has 0 amide bonds. The molecule has 0 fully saturated rings. The van der Waals surface area contributed by atoms with Crippen molar-refractivity contribution in [3.8, 4) is 0 Å². The summed E-state index contributed by atoms with van der Waals surface area (Å²) in [4.78, 5) is 7.44. The fourth-order valence-corrected chi connectivity index (χ4v) is 2.10. The lowest BCUT2D eigenvalue weighted by Crippen LogP contribution is -2.22. The number of hydrogen-bond donors (Lipinski definition) is 3. The second kappa shape index (κ2) is 7.14. The number of aliphatic hydroxyl groups is 1. The van der Waals surface area contributed by atoms with Crippen molar-refractivity contribution in [3.05, 3.63) is 40.5 Å². The summed E-state index contributed by atoms with van der Waals surface area (Å²) < 4.78 is 39.7. The van der Waals surface area contributed by atoms with Crippen molar-refractivity contribution in [2.24, 2.45) is 0 Å². The molecule has 0 aliphatic heterocycles. The maximum atomic E-state index is 13.0. The van der Waals surface area contributed by atoms with Crippen LogP contribution in [0.5, 0.6) is 0 Å². The zero-order valence-corrected chi connectivity index (χ0v) is 13.6. The standard InChI is InChI=1S/C14H14BrF3N4O/c1-8(7-23)19-13-21-11(14(16,17)18)6-12(22-13)20-10-4-2-3-9(15)5-10/h2-6,8,23H,7H2,1H3,(H2,19,20,21,22)/t8-/m1/s1. The number of nitrogens with one attached hydrogen (secondary N) is 2. The van der Waals surface area contributed by atoms with Crippen molar-refractivity contribution in [2.45, 2.75) is 19.1 Å². The fourth-order valence-electron chi connectivity index (χ4n) is 1.70. The van der Waals surface area contributed by atoms with E-state index in [0.717, 1.165) is 10.5 Å². The van der Waals surface area contributed by atoms with Crippen LogP contribution in [0.3, 0.4) is 0 Å². The summed E-state index contributed by atoms with van der Waals surface area (Å²) in [5.41, 5.74) is -0.495. The molecule has 0 spiro atoms. The molecule has 1 atom stereocenters. The van der Waals surface area contributed by atoms with Crippen molar-refractivity contribution in [1.82, 2.24) is 9.97 Å². The molecule has 0 aliphatic carbocycles. The first-order chi connectivity index (χ1) is 10.8. The van der Waals surface area contributed by atoms with E-state index < -0.39 is 17.9 Å². The highest BCUT2D eigenvalue weighted by Gasteiger charge is 2.33. The first-order valence-corrected chi connectivity index (χ1v) is 7.43. The monoisotopic (exact) mass is 390 g/mol. The Morgan fingerprint density at radius 1 is 1.26 bits per heavy atom. The predicted octanol–water partition coefficient (Wildman–Crippen LogP) is 3.79. The number of halogens is 4. The van der Waals surface area contributed by atoms with Gasteiger partial charge in [0.05, 0.1) is 6.61 Å². The average Bonchev–Trinajstić information content (AvgIpc) is 2.46. The summed E-state index contributed by atoms with van der Waals surface area (Å²) in [5.74, 6) is -0.211. The van der Waals surface area contributed by atoms with Gasteiger partial charge in [-0.05, 0) is 25.1 Å². The van der Waals surface area contributed by atoms with Crippen molar-refractivity contribution >= 4 is 33.4 Å². The molecule has 0 aliphatic rings. The highest BCUT2D eigenvalue weighted by atomic mass is 79.9. The van der Waals surface area contributed by atoms with Crippen LogP contribution >= 0.6 is 15.9 Å². The van der Waals surface area contributed by atoms with E-state index in [0.29, 0.717) is 5.69 Å². The molecule has 0 unspecified atom stereocenters. The van der Waals surface area contributed by atoms with Gasteiger partial charge in [0.15, 0.2) is 5.69 Å². The maximum Gasteiger partial charge on any atom is 0.433 e. The lowest BCUT2D eigenvalue weighted by Gasteiger charge is -2.15. The molecule has 0 bridgehead atoms. The Morgan fingerprint density at radius 3 is 2.61 bits per heavy atom. The average molecular weight is 391 g/mol. The first kappa shape index (κ1) is 17.5. The van der Waals surface area contributed by atoms with E-state index in [9.17, 15) is 13.2 Å². The Kier molecular flexibility index (Phi) is 5.42. The topological polar surface area (TPSA) is 70.1 Å². The molecule has 0 radical (unpaired) electrons. The first-order valence-electron chi connectivity index (χ1n) is 6.64. The number of aromatic nitrogens is 2. The van der Waals surface area contributed by atoms with E-state index in [-0.39, 0.29) is 18.4 Å². The zero-order valence-electron chi connectivity index (χ0n) is 12.0. The molecule has 124 valence electrons. The Balaban J connectivity index is 2.35. The van der Waals surface area contributed by atoms with E-state index >= 15 is 0 Å². The molecule has 2 aromatic rings. The SMILES string of the molecule is C[C@H](CO)Nc1nc(Nc2cccc(Br)c2)cc(C(F)(F)F)n1. The number of benzene rings is 1. The summed E-state index contributed by atoms with van der Waals surface area (Å²) >= 11 is 3.29. The number of rotatable bonds is 5. The van der Waals surface area contributed by atoms with Crippen molar-refractivity contribution in [1.29, 1.82) is 0 Å². The third-order valence-corrected chi connectivity index (χ3v) is 3.26. The minimum Gasteiger partial charge on any atom is -0.394 e. The highest BCUT2D eigenvalue weighted by molar-refractivity contribution is 9.10. The second-order valence-electron chi connectivity index (χ2n) is 4.82. The third kappa shape index (κ3) is 5.07. The van der Waals surface area contributed by atoms with Gasteiger partial charge in [-0.2, -0.15) is 18.2 Å². The molecule has 2 rings (SSSR count). The van der Waals surface area contributed by atoms with Crippen molar-refractivity contribution < 1.29 is 18.3 Å². The molecular weight excluding hydrogens is 377 g/mol. The quantitative estimate of drug-likeness (QED) is 0.724. The smallest absolute Gasteiger partial charge is 0.394 e. The van der Waals surface area contributed by atoms with E-state index in [1.54, 1.807) is 31.2 Å². The number of anilines is 3. The van der Waals surface area contributed by atoms with Gasteiger partial charge in [0.25, 0.3) is 0 Å². The van der Waals surface area contributed by atoms with E-state index in [1.807, 2.05) is 0 Å². The summed E-state index contributed by atoms with van der Waals surface area (Å²) in [5, 5.41) is 14.4. The van der Waals surface area contributed by atoms with Gasteiger partial charge in [-0.25, -0.2) is 4.98 Å².